The van der Waals surface area contributed by atoms with E-state index < -0.39 is 0 Å². The van der Waals surface area contributed by atoms with Crippen LogP contribution in [0.1, 0.15) is 19.9 Å². The minimum Gasteiger partial charge on any atom is -0.383 e. The fourth-order valence-corrected chi connectivity index (χ4v) is 2.79. The van der Waals surface area contributed by atoms with E-state index in [-0.39, 0.29) is 0 Å². The van der Waals surface area contributed by atoms with Gasteiger partial charge in [-0.15, -0.1) is 0 Å². The van der Waals surface area contributed by atoms with Crippen LogP contribution >= 0.6 is 0 Å². The third kappa shape index (κ3) is 1.86. The molecule has 0 fully saturated rings. The SMILES string of the molecule is CC(C)n1ccc2c(N)nc(-c3cc4ccccc4[nH]3)nc21. The summed E-state index contributed by atoms with van der Waals surface area (Å²) in [5.74, 6) is 1.14. The molecule has 0 saturated heterocycles. The van der Waals surface area contributed by atoms with Gasteiger partial charge < -0.3 is 15.3 Å². The molecule has 3 aromatic heterocycles. The highest BCUT2D eigenvalue weighted by Crippen LogP contribution is 2.27. The predicted molar refractivity (Wildman–Crippen MR) is 89.6 cm³/mol. The fraction of sp³-hybridized carbons (Fsp3) is 0.176. The number of benzene rings is 1. The molecule has 110 valence electrons. The number of hydrogen-bond acceptors (Lipinski definition) is 3. The van der Waals surface area contributed by atoms with E-state index in [1.807, 2.05) is 30.5 Å². The molecule has 3 N–H and O–H groups in total. The van der Waals surface area contributed by atoms with Crippen molar-refractivity contribution in [2.45, 2.75) is 19.9 Å². The highest BCUT2D eigenvalue weighted by Gasteiger charge is 2.13. The van der Waals surface area contributed by atoms with Crippen molar-refractivity contribution in [3.63, 3.8) is 0 Å². The van der Waals surface area contributed by atoms with Gasteiger partial charge >= 0.3 is 0 Å². The van der Waals surface area contributed by atoms with Crippen molar-refractivity contribution >= 4 is 27.8 Å². The summed E-state index contributed by atoms with van der Waals surface area (Å²) in [6, 6.07) is 12.5. The molecule has 1 aromatic carbocycles. The van der Waals surface area contributed by atoms with Gasteiger partial charge in [0, 0.05) is 23.1 Å². The summed E-state index contributed by atoms with van der Waals surface area (Å²) in [6.07, 6.45) is 2.01. The summed E-state index contributed by atoms with van der Waals surface area (Å²) in [5, 5.41) is 2.03. The Hall–Kier alpha value is -2.82. The maximum Gasteiger partial charge on any atom is 0.180 e. The summed E-state index contributed by atoms with van der Waals surface area (Å²) in [6.45, 7) is 4.25. The lowest BCUT2D eigenvalue weighted by molar-refractivity contribution is 0.618. The first kappa shape index (κ1) is 12.9. The van der Waals surface area contributed by atoms with Crippen molar-refractivity contribution in [2.75, 3.05) is 5.73 Å². The van der Waals surface area contributed by atoms with Crippen LogP contribution in [0.3, 0.4) is 0 Å². The second-order valence-electron chi connectivity index (χ2n) is 5.76. The lowest BCUT2D eigenvalue weighted by atomic mass is 10.2. The molecule has 0 bridgehead atoms. The molecule has 5 nitrogen and oxygen atoms in total. The zero-order chi connectivity index (χ0) is 15.3. The molecule has 0 aliphatic heterocycles. The smallest absolute Gasteiger partial charge is 0.180 e. The third-order valence-electron chi connectivity index (χ3n) is 3.93. The van der Waals surface area contributed by atoms with E-state index in [1.165, 1.54) is 0 Å². The van der Waals surface area contributed by atoms with Crippen LogP contribution in [0, 0.1) is 0 Å². The van der Waals surface area contributed by atoms with E-state index in [0.717, 1.165) is 27.6 Å². The lowest BCUT2D eigenvalue weighted by Gasteiger charge is -2.09. The summed E-state index contributed by atoms with van der Waals surface area (Å²) in [4.78, 5) is 12.5. The quantitative estimate of drug-likeness (QED) is 0.591. The summed E-state index contributed by atoms with van der Waals surface area (Å²) < 4.78 is 2.11. The largest absolute Gasteiger partial charge is 0.383 e. The van der Waals surface area contributed by atoms with Gasteiger partial charge in [-0.1, -0.05) is 18.2 Å². The number of para-hydroxylation sites is 1. The fourth-order valence-electron chi connectivity index (χ4n) is 2.79. The number of hydrogen-bond donors (Lipinski definition) is 2. The molecule has 5 heteroatoms. The lowest BCUT2D eigenvalue weighted by Crippen LogP contribution is -2.03. The molecule has 4 rings (SSSR count). The molecule has 0 atom stereocenters. The van der Waals surface area contributed by atoms with Crippen molar-refractivity contribution < 1.29 is 0 Å². The van der Waals surface area contributed by atoms with E-state index in [0.29, 0.717) is 17.7 Å². The standard InChI is InChI=1S/C17H17N5/c1-10(2)22-8-7-12-15(18)20-16(21-17(12)22)14-9-11-5-3-4-6-13(11)19-14/h3-10,19H,1-2H3,(H2,18,20,21). The van der Waals surface area contributed by atoms with Crippen LogP contribution in [-0.2, 0) is 0 Å². The zero-order valence-electron chi connectivity index (χ0n) is 12.5. The maximum absolute atomic E-state index is 6.12. The maximum atomic E-state index is 6.12. The number of rotatable bonds is 2. The van der Waals surface area contributed by atoms with Gasteiger partial charge in [0.1, 0.15) is 11.5 Å². The van der Waals surface area contributed by atoms with Crippen molar-refractivity contribution in [3.8, 4) is 11.5 Å². The van der Waals surface area contributed by atoms with E-state index in [9.17, 15) is 0 Å². The normalized spacial score (nSPS) is 11.8. The number of aromatic amines is 1. The van der Waals surface area contributed by atoms with Gasteiger partial charge in [-0.2, -0.15) is 0 Å². The molecule has 0 aliphatic rings. The first-order valence-corrected chi connectivity index (χ1v) is 7.35. The van der Waals surface area contributed by atoms with Gasteiger partial charge in [-0.25, -0.2) is 9.97 Å². The number of anilines is 1. The Bertz CT molecular complexity index is 944. The first-order chi connectivity index (χ1) is 10.6. The Kier molecular flexibility index (Phi) is 2.69. The van der Waals surface area contributed by atoms with Gasteiger partial charge in [0.25, 0.3) is 0 Å². The topological polar surface area (TPSA) is 72.5 Å². The van der Waals surface area contributed by atoms with Crippen molar-refractivity contribution in [1.29, 1.82) is 0 Å². The van der Waals surface area contributed by atoms with Gasteiger partial charge in [0.15, 0.2) is 5.82 Å². The van der Waals surface area contributed by atoms with Crippen molar-refractivity contribution in [2.24, 2.45) is 0 Å². The highest BCUT2D eigenvalue weighted by molar-refractivity contribution is 5.89. The average molecular weight is 291 g/mol. The Morgan fingerprint density at radius 1 is 1.14 bits per heavy atom. The summed E-state index contributed by atoms with van der Waals surface area (Å²) in [7, 11) is 0. The van der Waals surface area contributed by atoms with E-state index in [1.54, 1.807) is 0 Å². The number of fused-ring (bicyclic) bond motifs is 2. The minimum atomic E-state index is 0.322. The molecular formula is C17H17N5. The zero-order valence-corrected chi connectivity index (χ0v) is 12.5. The number of nitrogens with two attached hydrogens (primary N) is 1. The van der Waals surface area contributed by atoms with Gasteiger partial charge in [0.05, 0.1) is 11.1 Å². The summed E-state index contributed by atoms with van der Waals surface area (Å²) in [5.41, 5.74) is 8.94. The second-order valence-corrected chi connectivity index (χ2v) is 5.76. The van der Waals surface area contributed by atoms with Gasteiger partial charge in [-0.3, -0.25) is 0 Å². The number of nitrogens with one attached hydrogen (secondary N) is 1. The van der Waals surface area contributed by atoms with Gasteiger partial charge in [0.2, 0.25) is 0 Å². The molecule has 22 heavy (non-hydrogen) atoms. The van der Waals surface area contributed by atoms with Crippen LogP contribution in [0.2, 0.25) is 0 Å². The van der Waals surface area contributed by atoms with Crippen LogP contribution in [-0.4, -0.2) is 19.5 Å². The number of nitrogens with zero attached hydrogens (tertiary/aromatic N) is 3. The van der Waals surface area contributed by atoms with E-state index in [2.05, 4.69) is 40.5 Å². The monoisotopic (exact) mass is 291 g/mol. The third-order valence-corrected chi connectivity index (χ3v) is 3.93. The number of nitrogen functional groups attached to an aromatic ring is 1. The molecule has 4 aromatic rings. The molecule has 0 radical (unpaired) electrons. The van der Waals surface area contributed by atoms with Crippen LogP contribution < -0.4 is 5.73 Å². The molecule has 0 unspecified atom stereocenters. The minimum absolute atomic E-state index is 0.322. The van der Waals surface area contributed by atoms with Crippen molar-refractivity contribution in [3.05, 3.63) is 42.6 Å². The molecule has 0 saturated carbocycles. The number of aromatic nitrogens is 4. The molecule has 0 spiro atoms. The Labute approximate surface area is 127 Å². The molecular weight excluding hydrogens is 274 g/mol. The number of H-pyrrole nitrogens is 1. The molecule has 0 aliphatic carbocycles. The van der Waals surface area contributed by atoms with Crippen molar-refractivity contribution in [1.82, 2.24) is 19.5 Å². The van der Waals surface area contributed by atoms with E-state index in [4.69, 9.17) is 10.7 Å². The van der Waals surface area contributed by atoms with Crippen LogP contribution in [0.25, 0.3) is 33.5 Å². The predicted octanol–water partition coefficient (Wildman–Crippen LogP) is 3.74. The summed E-state index contributed by atoms with van der Waals surface area (Å²) >= 11 is 0. The second kappa shape index (κ2) is 4.59. The Balaban J connectivity index is 1.96. The van der Waals surface area contributed by atoms with Crippen LogP contribution in [0.5, 0.6) is 0 Å². The molecule has 0 amide bonds. The van der Waals surface area contributed by atoms with Crippen LogP contribution in [0.15, 0.2) is 42.6 Å². The highest BCUT2D eigenvalue weighted by atomic mass is 15.1. The van der Waals surface area contributed by atoms with Crippen LogP contribution in [0.4, 0.5) is 5.82 Å². The Morgan fingerprint density at radius 3 is 2.73 bits per heavy atom. The van der Waals surface area contributed by atoms with Gasteiger partial charge in [-0.05, 0) is 32.0 Å². The molecule has 3 heterocycles. The van der Waals surface area contributed by atoms with E-state index >= 15 is 0 Å². The Morgan fingerprint density at radius 2 is 1.95 bits per heavy atom. The first-order valence-electron chi connectivity index (χ1n) is 7.35. The average Bonchev–Trinajstić information content (AvgIpc) is 3.10.